The molecule has 0 saturated heterocycles. The van der Waals surface area contributed by atoms with Gasteiger partial charge < -0.3 is 9.72 Å². The molecule has 1 heterocycles. The third-order valence-electron chi connectivity index (χ3n) is 8.73. The number of rotatable bonds is 5. The van der Waals surface area contributed by atoms with Gasteiger partial charge in [0.05, 0.1) is 23.2 Å². The van der Waals surface area contributed by atoms with Crippen LogP contribution < -0.4 is 4.74 Å². The summed E-state index contributed by atoms with van der Waals surface area (Å²) in [6, 6.07) is 13.3. The van der Waals surface area contributed by atoms with Gasteiger partial charge in [-0.25, -0.2) is 4.98 Å². The van der Waals surface area contributed by atoms with Crippen molar-refractivity contribution in [3.63, 3.8) is 0 Å². The lowest BCUT2D eigenvalue weighted by atomic mass is 9.48. The van der Waals surface area contributed by atoms with E-state index < -0.39 is 0 Å². The van der Waals surface area contributed by atoms with E-state index in [4.69, 9.17) is 9.72 Å². The van der Waals surface area contributed by atoms with Gasteiger partial charge in [-0.2, -0.15) is 5.26 Å². The van der Waals surface area contributed by atoms with Crippen LogP contribution in [0.1, 0.15) is 73.5 Å². The largest absolute Gasteiger partial charge is 0.493 e. The number of nitrogens with zero attached hydrogens (tertiary/aromatic N) is 2. The fourth-order valence-corrected chi connectivity index (χ4v) is 7.45. The zero-order valence-electron chi connectivity index (χ0n) is 20.4. The smallest absolute Gasteiger partial charge is 0.149 e. The Bertz CT molecular complexity index is 1260. The monoisotopic (exact) mass is 451 g/mol. The normalized spacial score (nSPS) is 27.8. The number of aromatic amines is 1. The number of nitriles is 1. The topological polar surface area (TPSA) is 61.7 Å². The van der Waals surface area contributed by atoms with Crippen LogP contribution >= 0.6 is 0 Å². The summed E-state index contributed by atoms with van der Waals surface area (Å²) in [6.07, 6.45) is 10.2. The first-order valence-electron chi connectivity index (χ1n) is 12.8. The van der Waals surface area contributed by atoms with Crippen LogP contribution in [-0.4, -0.2) is 16.6 Å². The molecular formula is C30H33N3O. The first-order valence-corrected chi connectivity index (χ1v) is 12.8. The number of ether oxygens (including phenoxy) is 1. The highest BCUT2D eigenvalue weighted by molar-refractivity contribution is 5.91. The molecule has 4 fully saturated rings. The van der Waals surface area contributed by atoms with E-state index in [2.05, 4.69) is 55.2 Å². The molecule has 0 amide bonds. The van der Waals surface area contributed by atoms with Gasteiger partial charge in [0.25, 0.3) is 0 Å². The average Bonchev–Trinajstić information content (AvgIpc) is 3.20. The number of hydrogen-bond donors (Lipinski definition) is 1. The van der Waals surface area contributed by atoms with Crippen LogP contribution in [0, 0.1) is 42.9 Å². The van der Waals surface area contributed by atoms with Gasteiger partial charge >= 0.3 is 0 Å². The van der Waals surface area contributed by atoms with Crippen molar-refractivity contribution in [2.45, 2.75) is 64.7 Å². The van der Waals surface area contributed by atoms with E-state index >= 15 is 0 Å². The Morgan fingerprint density at radius 3 is 2.41 bits per heavy atom. The molecule has 1 aromatic heterocycles. The molecule has 4 aliphatic rings. The SMILES string of the molecule is CCOc1ccc(C23CC4CC(CC(C4)C2)C3)cc1C=C(C#N)c1nc2cc(C)c(C)cc2[nH]1. The number of allylic oxidation sites excluding steroid dienone is 1. The summed E-state index contributed by atoms with van der Waals surface area (Å²) < 4.78 is 6.00. The van der Waals surface area contributed by atoms with E-state index in [-0.39, 0.29) is 0 Å². The molecule has 0 unspecified atom stereocenters. The minimum atomic E-state index is 0.309. The molecule has 2 aromatic carbocycles. The lowest BCUT2D eigenvalue weighted by Crippen LogP contribution is -2.48. The molecule has 4 nitrogen and oxygen atoms in total. The second-order valence-electron chi connectivity index (χ2n) is 11.1. The minimum absolute atomic E-state index is 0.309. The Morgan fingerprint density at radius 2 is 1.76 bits per heavy atom. The van der Waals surface area contributed by atoms with E-state index in [0.717, 1.165) is 40.1 Å². The van der Waals surface area contributed by atoms with Gasteiger partial charge in [-0.05, 0) is 129 Å². The van der Waals surface area contributed by atoms with E-state index in [1.807, 2.05) is 13.0 Å². The van der Waals surface area contributed by atoms with Gasteiger partial charge in [0.1, 0.15) is 17.6 Å². The quantitative estimate of drug-likeness (QED) is 0.420. The number of H-pyrrole nitrogens is 1. The predicted molar refractivity (Wildman–Crippen MR) is 137 cm³/mol. The predicted octanol–water partition coefficient (Wildman–Crippen LogP) is 7.11. The maximum atomic E-state index is 10.1. The Morgan fingerprint density at radius 1 is 1.09 bits per heavy atom. The number of aryl methyl sites for hydroxylation is 2. The van der Waals surface area contributed by atoms with Crippen molar-refractivity contribution in [2.75, 3.05) is 6.61 Å². The second-order valence-corrected chi connectivity index (χ2v) is 11.1. The van der Waals surface area contributed by atoms with E-state index in [1.165, 1.54) is 55.2 Å². The van der Waals surface area contributed by atoms with Crippen LogP contribution in [0.2, 0.25) is 0 Å². The summed E-state index contributed by atoms with van der Waals surface area (Å²) in [5, 5.41) is 10.1. The van der Waals surface area contributed by atoms with Crippen LogP contribution in [0.5, 0.6) is 5.75 Å². The van der Waals surface area contributed by atoms with Crippen LogP contribution in [-0.2, 0) is 5.41 Å². The van der Waals surface area contributed by atoms with Crippen molar-refractivity contribution in [3.05, 3.63) is 58.4 Å². The van der Waals surface area contributed by atoms with Gasteiger partial charge in [-0.3, -0.25) is 0 Å². The summed E-state index contributed by atoms with van der Waals surface area (Å²) in [5.74, 6) is 4.15. The number of aromatic nitrogens is 2. The van der Waals surface area contributed by atoms with Crippen molar-refractivity contribution >= 4 is 22.7 Å². The van der Waals surface area contributed by atoms with E-state index in [0.29, 0.717) is 23.4 Å². The number of imidazole rings is 1. The highest BCUT2D eigenvalue weighted by atomic mass is 16.5. The lowest BCUT2D eigenvalue weighted by molar-refractivity contribution is -0.00521. The number of benzene rings is 2. The molecule has 4 aliphatic carbocycles. The summed E-state index contributed by atoms with van der Waals surface area (Å²) in [5.41, 5.74) is 7.55. The Balaban J connectivity index is 1.42. The van der Waals surface area contributed by atoms with Crippen molar-refractivity contribution in [3.8, 4) is 11.8 Å². The minimum Gasteiger partial charge on any atom is -0.493 e. The molecule has 4 saturated carbocycles. The Hall–Kier alpha value is -3.06. The third-order valence-corrected chi connectivity index (χ3v) is 8.73. The van der Waals surface area contributed by atoms with Crippen LogP contribution in [0.4, 0.5) is 0 Å². The fourth-order valence-electron chi connectivity index (χ4n) is 7.45. The molecule has 0 radical (unpaired) electrons. The van der Waals surface area contributed by atoms with Gasteiger partial charge in [0, 0.05) is 5.56 Å². The zero-order valence-corrected chi connectivity index (χ0v) is 20.4. The first kappa shape index (κ1) is 21.5. The highest BCUT2D eigenvalue weighted by Crippen LogP contribution is 2.61. The zero-order chi connectivity index (χ0) is 23.4. The summed E-state index contributed by atoms with van der Waals surface area (Å²) in [6.45, 7) is 6.80. The van der Waals surface area contributed by atoms with E-state index in [1.54, 1.807) is 0 Å². The van der Waals surface area contributed by atoms with Crippen molar-refractivity contribution in [2.24, 2.45) is 17.8 Å². The molecular weight excluding hydrogens is 418 g/mol. The molecule has 0 spiro atoms. The third kappa shape index (κ3) is 3.54. The van der Waals surface area contributed by atoms with Crippen molar-refractivity contribution in [1.82, 2.24) is 9.97 Å². The van der Waals surface area contributed by atoms with Crippen LogP contribution in [0.3, 0.4) is 0 Å². The summed E-state index contributed by atoms with van der Waals surface area (Å²) in [4.78, 5) is 8.11. The molecule has 4 bridgehead atoms. The standard InChI is InChI=1S/C30H33N3O/c1-4-34-28-6-5-25(30-14-20-9-21(15-30)11-22(10-20)16-30)13-23(28)12-24(17-31)29-32-26-7-18(2)19(3)8-27(26)33-29/h5-8,12-13,20-22H,4,9-11,14-16H2,1-3H3,(H,32,33). The van der Waals surface area contributed by atoms with Gasteiger partial charge in [0.15, 0.2) is 0 Å². The van der Waals surface area contributed by atoms with Gasteiger partial charge in [-0.15, -0.1) is 0 Å². The molecule has 34 heavy (non-hydrogen) atoms. The molecule has 0 aliphatic heterocycles. The molecule has 0 atom stereocenters. The number of fused-ring (bicyclic) bond motifs is 1. The summed E-state index contributed by atoms with van der Waals surface area (Å²) in [7, 11) is 0. The average molecular weight is 452 g/mol. The van der Waals surface area contributed by atoms with Crippen LogP contribution in [0.15, 0.2) is 30.3 Å². The van der Waals surface area contributed by atoms with Crippen molar-refractivity contribution < 1.29 is 4.74 Å². The molecule has 1 N–H and O–H groups in total. The lowest BCUT2D eigenvalue weighted by Gasteiger charge is -2.57. The second kappa shape index (κ2) is 8.01. The molecule has 4 heteroatoms. The number of hydrogen-bond acceptors (Lipinski definition) is 3. The van der Waals surface area contributed by atoms with Gasteiger partial charge in [-0.1, -0.05) is 6.07 Å². The van der Waals surface area contributed by atoms with Crippen LogP contribution in [0.25, 0.3) is 22.7 Å². The fraction of sp³-hybridized carbons (Fsp3) is 0.467. The van der Waals surface area contributed by atoms with Crippen molar-refractivity contribution in [1.29, 1.82) is 5.26 Å². The highest BCUT2D eigenvalue weighted by Gasteiger charge is 2.51. The Labute approximate surface area is 202 Å². The molecule has 174 valence electrons. The Kier molecular flexibility index (Phi) is 5.06. The summed E-state index contributed by atoms with van der Waals surface area (Å²) >= 11 is 0. The molecule has 7 rings (SSSR count). The first-order chi connectivity index (χ1) is 16.5. The number of nitrogens with one attached hydrogen (secondary N) is 1. The van der Waals surface area contributed by atoms with Gasteiger partial charge in [0.2, 0.25) is 0 Å². The maximum absolute atomic E-state index is 10.1. The molecule has 3 aromatic rings. The maximum Gasteiger partial charge on any atom is 0.149 e. The van der Waals surface area contributed by atoms with E-state index in [9.17, 15) is 5.26 Å².